The minimum atomic E-state index is -0.0162. The number of ketones is 1. The summed E-state index contributed by atoms with van der Waals surface area (Å²) in [7, 11) is 0. The number of nitrogens with one attached hydrogen (secondary N) is 1. The Balaban J connectivity index is 1.67. The van der Waals surface area contributed by atoms with E-state index in [1.165, 1.54) is 0 Å². The van der Waals surface area contributed by atoms with E-state index in [2.05, 4.69) is 15.6 Å². The summed E-state index contributed by atoms with van der Waals surface area (Å²) < 4.78 is 1.83. The van der Waals surface area contributed by atoms with Crippen molar-refractivity contribution < 1.29 is 4.79 Å². The summed E-state index contributed by atoms with van der Waals surface area (Å²) in [6.45, 7) is 1.97. The van der Waals surface area contributed by atoms with E-state index in [0.29, 0.717) is 23.2 Å². The maximum atomic E-state index is 12.2. The number of nitrogens with zero attached hydrogens (tertiary/aromatic N) is 3. The minimum absolute atomic E-state index is 0.0162. The van der Waals surface area contributed by atoms with Gasteiger partial charge in [0.2, 0.25) is 0 Å². The number of carbonyl (C=O) groups excluding carboxylic acids is 1. The highest BCUT2D eigenvalue weighted by Gasteiger charge is 2.18. The third kappa shape index (κ3) is 3.49. The van der Waals surface area contributed by atoms with Crippen LogP contribution in [0.3, 0.4) is 0 Å². The van der Waals surface area contributed by atoms with Gasteiger partial charge in [0.1, 0.15) is 5.69 Å². The topological polar surface area (TPSA) is 59.8 Å². The van der Waals surface area contributed by atoms with Gasteiger partial charge in [0.15, 0.2) is 5.78 Å². The molecule has 1 aromatic heterocycles. The molecule has 2 aromatic rings. The van der Waals surface area contributed by atoms with E-state index in [1.54, 1.807) is 18.3 Å². The van der Waals surface area contributed by atoms with Gasteiger partial charge >= 0.3 is 0 Å². The number of halogens is 1. The zero-order valence-electron chi connectivity index (χ0n) is 11.6. The molecular weight excluding hydrogens is 288 g/mol. The number of hydrogen-bond acceptors (Lipinski definition) is 4. The second kappa shape index (κ2) is 6.37. The van der Waals surface area contributed by atoms with Crippen LogP contribution in [0.4, 0.5) is 0 Å². The fraction of sp³-hybridized carbons (Fsp3) is 0.400. The van der Waals surface area contributed by atoms with Crippen LogP contribution in [-0.2, 0) is 6.42 Å². The first-order valence-corrected chi connectivity index (χ1v) is 7.50. The van der Waals surface area contributed by atoms with E-state index in [1.807, 2.05) is 16.8 Å². The molecule has 0 radical (unpaired) electrons. The van der Waals surface area contributed by atoms with Crippen molar-refractivity contribution in [1.82, 2.24) is 20.3 Å². The van der Waals surface area contributed by atoms with Crippen molar-refractivity contribution in [3.8, 4) is 0 Å². The molecule has 1 saturated heterocycles. The van der Waals surface area contributed by atoms with E-state index in [4.69, 9.17) is 11.6 Å². The zero-order chi connectivity index (χ0) is 14.7. The lowest BCUT2D eigenvalue weighted by Gasteiger charge is -2.22. The molecule has 5 nitrogen and oxygen atoms in total. The monoisotopic (exact) mass is 304 g/mol. The van der Waals surface area contributed by atoms with Crippen LogP contribution in [0.1, 0.15) is 34.9 Å². The summed E-state index contributed by atoms with van der Waals surface area (Å²) in [4.78, 5) is 12.2. The largest absolute Gasteiger partial charge is 0.317 e. The third-order valence-electron chi connectivity index (χ3n) is 3.76. The van der Waals surface area contributed by atoms with E-state index in [-0.39, 0.29) is 5.78 Å². The average Bonchev–Trinajstić information content (AvgIpc) is 3.00. The van der Waals surface area contributed by atoms with Crippen LogP contribution in [-0.4, -0.2) is 33.9 Å². The van der Waals surface area contributed by atoms with Crippen molar-refractivity contribution in [1.29, 1.82) is 0 Å². The van der Waals surface area contributed by atoms with E-state index >= 15 is 0 Å². The average molecular weight is 305 g/mol. The lowest BCUT2D eigenvalue weighted by atomic mass is 10.1. The van der Waals surface area contributed by atoms with Gasteiger partial charge in [0.25, 0.3) is 0 Å². The van der Waals surface area contributed by atoms with Gasteiger partial charge in [-0.05, 0) is 43.6 Å². The predicted molar refractivity (Wildman–Crippen MR) is 80.6 cm³/mol. The molecule has 0 atom stereocenters. The Labute approximate surface area is 128 Å². The van der Waals surface area contributed by atoms with Crippen molar-refractivity contribution in [2.75, 3.05) is 13.1 Å². The second-order valence-electron chi connectivity index (χ2n) is 5.29. The Kier molecular flexibility index (Phi) is 4.31. The van der Waals surface area contributed by atoms with Gasteiger partial charge in [0, 0.05) is 11.4 Å². The van der Waals surface area contributed by atoms with Crippen molar-refractivity contribution in [3.63, 3.8) is 0 Å². The van der Waals surface area contributed by atoms with Gasteiger partial charge in [-0.2, -0.15) is 0 Å². The molecule has 1 aromatic carbocycles. The first-order chi connectivity index (χ1) is 10.2. The van der Waals surface area contributed by atoms with E-state index in [9.17, 15) is 4.79 Å². The van der Waals surface area contributed by atoms with Gasteiger partial charge in [-0.1, -0.05) is 28.9 Å². The first kappa shape index (κ1) is 14.2. The van der Waals surface area contributed by atoms with Crippen LogP contribution in [0.25, 0.3) is 0 Å². The van der Waals surface area contributed by atoms with Crippen LogP contribution in [0.2, 0.25) is 5.02 Å². The smallest absolute Gasteiger partial charge is 0.189 e. The molecule has 0 amide bonds. The Morgan fingerprint density at radius 1 is 1.29 bits per heavy atom. The number of benzene rings is 1. The summed E-state index contributed by atoms with van der Waals surface area (Å²) >= 11 is 5.84. The summed E-state index contributed by atoms with van der Waals surface area (Å²) in [5.74, 6) is -0.0162. The number of piperidine rings is 1. The fourth-order valence-corrected chi connectivity index (χ4v) is 2.66. The van der Waals surface area contributed by atoms with Crippen molar-refractivity contribution >= 4 is 17.4 Å². The third-order valence-corrected chi connectivity index (χ3v) is 4.01. The van der Waals surface area contributed by atoms with Crippen LogP contribution in [0, 0.1) is 0 Å². The standard InChI is InChI=1S/C15H17ClN4O/c16-12-3-1-11(2-4-12)9-15(21)14-10-20(19-18-14)13-5-7-17-8-6-13/h1-4,10,13,17H,5-9H2. The lowest BCUT2D eigenvalue weighted by Crippen LogP contribution is -2.29. The molecule has 1 N–H and O–H groups in total. The van der Waals surface area contributed by atoms with Crippen LogP contribution in [0.5, 0.6) is 0 Å². The van der Waals surface area contributed by atoms with Gasteiger partial charge < -0.3 is 5.32 Å². The molecule has 0 aliphatic carbocycles. The highest BCUT2D eigenvalue weighted by atomic mass is 35.5. The molecule has 21 heavy (non-hydrogen) atoms. The molecule has 0 bridgehead atoms. The van der Waals surface area contributed by atoms with Crippen LogP contribution >= 0.6 is 11.6 Å². The molecule has 3 rings (SSSR count). The van der Waals surface area contributed by atoms with Gasteiger partial charge in [0.05, 0.1) is 12.2 Å². The lowest BCUT2D eigenvalue weighted by molar-refractivity contribution is 0.0988. The van der Waals surface area contributed by atoms with Crippen molar-refractivity contribution in [3.05, 3.63) is 46.7 Å². The van der Waals surface area contributed by atoms with Gasteiger partial charge in [-0.15, -0.1) is 5.10 Å². The Morgan fingerprint density at radius 3 is 2.71 bits per heavy atom. The normalized spacial score (nSPS) is 16.0. The van der Waals surface area contributed by atoms with Crippen molar-refractivity contribution in [2.24, 2.45) is 0 Å². The molecular formula is C15H17ClN4O. The molecule has 0 saturated carbocycles. The Morgan fingerprint density at radius 2 is 2.00 bits per heavy atom. The molecule has 1 aliphatic rings. The molecule has 6 heteroatoms. The quantitative estimate of drug-likeness (QED) is 0.880. The number of aromatic nitrogens is 3. The highest BCUT2D eigenvalue weighted by molar-refractivity contribution is 6.30. The van der Waals surface area contributed by atoms with Crippen LogP contribution in [0.15, 0.2) is 30.5 Å². The maximum Gasteiger partial charge on any atom is 0.189 e. The summed E-state index contributed by atoms with van der Waals surface area (Å²) in [6.07, 6.45) is 4.14. The highest BCUT2D eigenvalue weighted by Crippen LogP contribution is 2.18. The summed E-state index contributed by atoms with van der Waals surface area (Å²) in [6, 6.07) is 7.64. The summed E-state index contributed by atoms with van der Waals surface area (Å²) in [5.41, 5.74) is 1.37. The molecule has 1 aliphatic heterocycles. The van der Waals surface area contributed by atoms with Gasteiger partial charge in [-0.3, -0.25) is 4.79 Å². The fourth-order valence-electron chi connectivity index (χ4n) is 2.53. The Bertz CT molecular complexity index is 617. The first-order valence-electron chi connectivity index (χ1n) is 7.12. The molecule has 0 unspecified atom stereocenters. The molecule has 2 heterocycles. The number of hydrogen-bond donors (Lipinski definition) is 1. The molecule has 110 valence electrons. The second-order valence-corrected chi connectivity index (χ2v) is 5.73. The molecule has 0 spiro atoms. The minimum Gasteiger partial charge on any atom is -0.317 e. The zero-order valence-corrected chi connectivity index (χ0v) is 12.4. The predicted octanol–water partition coefficient (Wildman–Crippen LogP) is 2.28. The number of carbonyl (C=O) groups is 1. The number of rotatable bonds is 4. The van der Waals surface area contributed by atoms with Crippen molar-refractivity contribution in [2.45, 2.75) is 25.3 Å². The Hall–Kier alpha value is -1.72. The molecule has 1 fully saturated rings. The number of Topliss-reactive ketones (excluding diaryl/α,β-unsaturated/α-hetero) is 1. The van der Waals surface area contributed by atoms with Gasteiger partial charge in [-0.25, -0.2) is 4.68 Å². The SMILES string of the molecule is O=C(Cc1ccc(Cl)cc1)c1cn(C2CCNCC2)nn1. The summed E-state index contributed by atoms with van der Waals surface area (Å²) in [5, 5.41) is 12.1. The van der Waals surface area contributed by atoms with E-state index in [0.717, 1.165) is 31.5 Å². The maximum absolute atomic E-state index is 12.2. The van der Waals surface area contributed by atoms with E-state index < -0.39 is 0 Å². The van der Waals surface area contributed by atoms with Crippen LogP contribution < -0.4 is 5.32 Å².